The third-order valence-corrected chi connectivity index (χ3v) is 9.24. The fraction of sp³-hybridized carbons (Fsp3) is 0.290. The first-order valence-corrected chi connectivity index (χ1v) is 15.1. The van der Waals surface area contributed by atoms with Gasteiger partial charge in [-0.2, -0.15) is 4.31 Å². The highest BCUT2D eigenvalue weighted by atomic mass is 32.2. The van der Waals surface area contributed by atoms with Gasteiger partial charge in [-0.1, -0.05) is 30.3 Å². The molecule has 1 aliphatic rings. The van der Waals surface area contributed by atoms with E-state index in [0.29, 0.717) is 24.7 Å². The summed E-state index contributed by atoms with van der Waals surface area (Å²) in [6.07, 6.45) is 0.842. The molecule has 0 spiro atoms. The van der Waals surface area contributed by atoms with Crippen molar-refractivity contribution in [3.63, 3.8) is 0 Å². The number of hydrogen-bond acceptors (Lipinski definition) is 7. The fourth-order valence-corrected chi connectivity index (χ4v) is 6.38. The summed E-state index contributed by atoms with van der Waals surface area (Å²) in [6.45, 7) is 3.12. The third kappa shape index (κ3) is 6.87. The molecule has 5 rings (SSSR count). The molecular weight excluding hydrogens is 561 g/mol. The topological polar surface area (TPSA) is 113 Å². The Balaban J connectivity index is 1.13. The Morgan fingerprint density at radius 2 is 1.67 bits per heavy atom. The molecular formula is C31H32FN3O6S. The molecule has 0 saturated carbocycles. The molecule has 0 bridgehead atoms. The monoisotopic (exact) mass is 593 g/mol. The van der Waals surface area contributed by atoms with Crippen molar-refractivity contribution in [2.24, 2.45) is 0 Å². The molecule has 1 fully saturated rings. The standard InChI is InChI=1S/C31H32FN3O6S/c1-22-28(33-30(41-22)24-5-3-2-4-6-24)15-20-40-26-11-7-23(8-12-26)21-29(31(36)37)34-16-18-35(19-17-34)42(38,39)27-13-9-25(32)10-14-27/h2-14,29H,15-21H2,1H3,(H,36,37)/t29-/m0/s1. The van der Waals surface area contributed by atoms with Crippen LogP contribution in [0.4, 0.5) is 4.39 Å². The Kier molecular flexibility index (Phi) is 9.00. The third-order valence-electron chi connectivity index (χ3n) is 7.32. The van der Waals surface area contributed by atoms with Gasteiger partial charge in [-0.05, 0) is 67.4 Å². The van der Waals surface area contributed by atoms with Crippen LogP contribution in [-0.2, 0) is 27.7 Å². The summed E-state index contributed by atoms with van der Waals surface area (Å²) in [5.74, 6) is 0.511. The number of piperazine rings is 1. The van der Waals surface area contributed by atoms with Crippen molar-refractivity contribution < 1.29 is 31.9 Å². The zero-order valence-corrected chi connectivity index (χ0v) is 24.0. The smallest absolute Gasteiger partial charge is 0.321 e. The van der Waals surface area contributed by atoms with Gasteiger partial charge in [-0.25, -0.2) is 17.8 Å². The van der Waals surface area contributed by atoms with E-state index in [2.05, 4.69) is 4.98 Å². The number of halogens is 1. The lowest BCUT2D eigenvalue weighted by Crippen LogP contribution is -2.54. The number of rotatable bonds is 11. The van der Waals surface area contributed by atoms with Crippen LogP contribution in [0.15, 0.2) is 88.2 Å². The molecule has 3 aromatic carbocycles. The van der Waals surface area contributed by atoms with Crippen LogP contribution in [0, 0.1) is 12.7 Å². The molecule has 1 aliphatic heterocycles. The van der Waals surface area contributed by atoms with Crippen LogP contribution in [0.2, 0.25) is 0 Å². The second-order valence-electron chi connectivity index (χ2n) is 10.1. The quantitative estimate of drug-likeness (QED) is 0.272. The highest BCUT2D eigenvalue weighted by molar-refractivity contribution is 7.89. The molecule has 0 aliphatic carbocycles. The maximum absolute atomic E-state index is 13.2. The molecule has 0 unspecified atom stereocenters. The number of carbonyl (C=O) groups is 1. The minimum Gasteiger partial charge on any atom is -0.493 e. The number of sulfonamides is 1. The van der Waals surface area contributed by atoms with Crippen LogP contribution in [0.25, 0.3) is 11.5 Å². The van der Waals surface area contributed by atoms with E-state index in [9.17, 15) is 22.7 Å². The number of carboxylic acid groups (broad SMARTS) is 1. The number of benzene rings is 3. The minimum absolute atomic E-state index is 0.0162. The van der Waals surface area contributed by atoms with Gasteiger partial charge in [0.15, 0.2) is 0 Å². The van der Waals surface area contributed by atoms with Crippen molar-refractivity contribution in [3.05, 3.63) is 102 Å². The number of aliphatic carboxylic acids is 1. The second kappa shape index (κ2) is 12.8. The largest absolute Gasteiger partial charge is 0.493 e. The predicted molar refractivity (Wildman–Crippen MR) is 154 cm³/mol. The summed E-state index contributed by atoms with van der Waals surface area (Å²) >= 11 is 0. The predicted octanol–water partition coefficient (Wildman–Crippen LogP) is 4.41. The lowest BCUT2D eigenvalue weighted by Gasteiger charge is -2.37. The number of aromatic nitrogens is 1. The van der Waals surface area contributed by atoms with Crippen molar-refractivity contribution in [3.8, 4) is 17.2 Å². The Labute approximate surface area is 244 Å². The molecule has 42 heavy (non-hydrogen) atoms. The maximum atomic E-state index is 13.2. The molecule has 1 aromatic heterocycles. The summed E-state index contributed by atoms with van der Waals surface area (Å²) in [7, 11) is -3.78. The summed E-state index contributed by atoms with van der Waals surface area (Å²) in [5, 5.41) is 9.95. The number of aryl methyl sites for hydroxylation is 1. The first-order chi connectivity index (χ1) is 20.2. The zero-order chi connectivity index (χ0) is 29.7. The summed E-state index contributed by atoms with van der Waals surface area (Å²) in [6, 6.07) is 20.9. The highest BCUT2D eigenvalue weighted by Gasteiger charge is 2.33. The Morgan fingerprint density at radius 3 is 2.31 bits per heavy atom. The van der Waals surface area contributed by atoms with Crippen molar-refractivity contribution in [1.29, 1.82) is 0 Å². The molecule has 0 amide bonds. The molecule has 9 nitrogen and oxygen atoms in total. The van der Waals surface area contributed by atoms with Crippen LogP contribution < -0.4 is 4.74 Å². The van der Waals surface area contributed by atoms with Crippen molar-refractivity contribution >= 4 is 16.0 Å². The van der Waals surface area contributed by atoms with Crippen molar-refractivity contribution in [2.75, 3.05) is 32.8 Å². The van der Waals surface area contributed by atoms with Crippen LogP contribution >= 0.6 is 0 Å². The number of nitrogens with zero attached hydrogens (tertiary/aromatic N) is 3. The number of hydrogen-bond donors (Lipinski definition) is 1. The van der Waals surface area contributed by atoms with Gasteiger partial charge >= 0.3 is 5.97 Å². The molecule has 4 aromatic rings. The second-order valence-corrected chi connectivity index (χ2v) is 12.0. The molecule has 2 heterocycles. The molecule has 220 valence electrons. The van der Waals surface area contributed by atoms with Gasteiger partial charge in [-0.15, -0.1) is 0 Å². The van der Waals surface area contributed by atoms with Crippen molar-refractivity contribution in [1.82, 2.24) is 14.2 Å². The number of carboxylic acids is 1. The SMILES string of the molecule is Cc1oc(-c2ccccc2)nc1CCOc1ccc(C[C@@H](C(=O)O)N2CCN(S(=O)(=O)c3ccc(F)cc3)CC2)cc1. The van der Waals surface area contributed by atoms with Gasteiger partial charge in [0.05, 0.1) is 17.2 Å². The van der Waals surface area contributed by atoms with E-state index >= 15 is 0 Å². The van der Waals surface area contributed by atoms with E-state index < -0.39 is 27.9 Å². The minimum atomic E-state index is -3.78. The molecule has 1 saturated heterocycles. The molecule has 0 radical (unpaired) electrons. The summed E-state index contributed by atoms with van der Waals surface area (Å²) in [4.78, 5) is 18.6. The first kappa shape index (κ1) is 29.4. The van der Waals surface area contributed by atoms with Crippen LogP contribution in [-0.4, -0.2) is 72.5 Å². The van der Waals surface area contributed by atoms with Crippen LogP contribution in [0.3, 0.4) is 0 Å². The van der Waals surface area contributed by atoms with Gasteiger partial charge in [0, 0.05) is 38.2 Å². The number of ether oxygens (including phenoxy) is 1. The fourth-order valence-electron chi connectivity index (χ4n) is 4.96. The molecule has 11 heteroatoms. The average Bonchev–Trinajstić information content (AvgIpc) is 3.37. The van der Waals surface area contributed by atoms with E-state index in [1.807, 2.05) is 61.5 Å². The van der Waals surface area contributed by atoms with E-state index in [1.165, 1.54) is 16.4 Å². The van der Waals surface area contributed by atoms with Gasteiger partial charge in [0.25, 0.3) is 0 Å². The van der Waals surface area contributed by atoms with Crippen LogP contribution in [0.5, 0.6) is 5.75 Å². The summed E-state index contributed by atoms with van der Waals surface area (Å²) < 4.78 is 52.1. The Hall–Kier alpha value is -4.06. The van der Waals surface area contributed by atoms with Gasteiger partial charge in [0.2, 0.25) is 15.9 Å². The maximum Gasteiger partial charge on any atom is 0.321 e. The zero-order valence-electron chi connectivity index (χ0n) is 23.1. The Bertz CT molecular complexity index is 1600. The Morgan fingerprint density at radius 1 is 1.00 bits per heavy atom. The van der Waals surface area contributed by atoms with Gasteiger partial charge in [0.1, 0.15) is 23.4 Å². The van der Waals surface area contributed by atoms with E-state index in [4.69, 9.17) is 9.15 Å². The summed E-state index contributed by atoms with van der Waals surface area (Å²) in [5.41, 5.74) is 2.58. The van der Waals surface area contributed by atoms with E-state index in [-0.39, 0.29) is 37.5 Å². The van der Waals surface area contributed by atoms with Gasteiger partial charge in [-0.3, -0.25) is 9.69 Å². The average molecular weight is 594 g/mol. The number of oxazole rings is 1. The highest BCUT2D eigenvalue weighted by Crippen LogP contribution is 2.23. The van der Waals surface area contributed by atoms with E-state index in [1.54, 1.807) is 4.90 Å². The normalized spacial score (nSPS) is 15.4. The lowest BCUT2D eigenvalue weighted by atomic mass is 10.0. The molecule has 1 atom stereocenters. The van der Waals surface area contributed by atoms with Crippen LogP contribution in [0.1, 0.15) is 17.0 Å². The van der Waals surface area contributed by atoms with E-state index in [0.717, 1.165) is 34.7 Å². The van der Waals surface area contributed by atoms with Gasteiger partial charge < -0.3 is 14.3 Å². The first-order valence-electron chi connectivity index (χ1n) is 13.7. The van der Waals surface area contributed by atoms with Crippen molar-refractivity contribution in [2.45, 2.75) is 30.7 Å². The lowest BCUT2D eigenvalue weighted by molar-refractivity contribution is -0.143. The molecule has 1 N–H and O–H groups in total.